The molecular formula is C20H22N2O3. The minimum Gasteiger partial charge on any atom is -0.494 e. The monoisotopic (exact) mass is 338 g/mol. The fraction of sp³-hybridized carbons (Fsp3) is 0.300. The van der Waals surface area contributed by atoms with Crippen LogP contribution in [0.1, 0.15) is 36.6 Å². The average Bonchev–Trinajstić information content (AvgIpc) is 2.81. The van der Waals surface area contributed by atoms with Gasteiger partial charge < -0.3 is 15.0 Å². The highest BCUT2D eigenvalue weighted by Crippen LogP contribution is 2.37. The second-order valence-corrected chi connectivity index (χ2v) is 6.20. The van der Waals surface area contributed by atoms with Crippen molar-refractivity contribution < 1.29 is 14.3 Å². The molecule has 1 unspecified atom stereocenters. The minimum atomic E-state index is -0.616. The van der Waals surface area contributed by atoms with E-state index in [1.807, 2.05) is 56.3 Å². The summed E-state index contributed by atoms with van der Waals surface area (Å²) in [6, 6.07) is 13.0. The third-order valence-corrected chi connectivity index (χ3v) is 4.22. The molecule has 0 spiro atoms. The van der Waals surface area contributed by atoms with Gasteiger partial charge in [-0.25, -0.2) is 0 Å². The molecule has 130 valence electrons. The second-order valence-electron chi connectivity index (χ2n) is 6.20. The number of carbonyl (C=O) groups excluding carboxylic acids is 2. The molecule has 0 radical (unpaired) electrons. The summed E-state index contributed by atoms with van der Waals surface area (Å²) in [4.78, 5) is 26.1. The molecule has 1 aliphatic rings. The Morgan fingerprint density at radius 1 is 1.20 bits per heavy atom. The number of nitrogens with one attached hydrogen (secondary N) is 1. The summed E-state index contributed by atoms with van der Waals surface area (Å²) in [5.74, 6) is 0.490. The zero-order valence-corrected chi connectivity index (χ0v) is 14.7. The summed E-state index contributed by atoms with van der Waals surface area (Å²) in [6.07, 6.45) is 0. The van der Waals surface area contributed by atoms with Crippen molar-refractivity contribution in [3.05, 3.63) is 59.2 Å². The van der Waals surface area contributed by atoms with Crippen molar-refractivity contribution in [2.45, 2.75) is 33.4 Å². The van der Waals surface area contributed by atoms with Crippen molar-refractivity contribution in [2.75, 3.05) is 11.5 Å². The number of aryl methyl sites for hydroxylation is 1. The van der Waals surface area contributed by atoms with Gasteiger partial charge in [0.2, 0.25) is 5.91 Å². The van der Waals surface area contributed by atoms with Crippen LogP contribution in [-0.4, -0.2) is 18.4 Å². The summed E-state index contributed by atoms with van der Waals surface area (Å²) in [6.45, 7) is 6.42. The van der Waals surface area contributed by atoms with Crippen LogP contribution in [0.25, 0.3) is 0 Å². The highest BCUT2D eigenvalue weighted by atomic mass is 16.5. The molecule has 1 N–H and O–H groups in total. The van der Waals surface area contributed by atoms with E-state index >= 15 is 0 Å². The number of hydrogen-bond donors (Lipinski definition) is 1. The molecule has 0 fully saturated rings. The number of nitrogens with zero attached hydrogens (tertiary/aromatic N) is 1. The summed E-state index contributed by atoms with van der Waals surface area (Å²) in [5, 5.41) is 2.77. The second kappa shape index (κ2) is 6.97. The molecule has 1 atom stereocenters. The van der Waals surface area contributed by atoms with Gasteiger partial charge in [0.15, 0.2) is 0 Å². The lowest BCUT2D eigenvalue weighted by Crippen LogP contribution is -2.36. The zero-order valence-electron chi connectivity index (χ0n) is 14.7. The van der Waals surface area contributed by atoms with E-state index in [0.717, 1.165) is 28.1 Å². The third kappa shape index (κ3) is 3.50. The van der Waals surface area contributed by atoms with E-state index in [4.69, 9.17) is 4.74 Å². The van der Waals surface area contributed by atoms with Crippen LogP contribution in [0.15, 0.2) is 42.5 Å². The predicted molar refractivity (Wildman–Crippen MR) is 96.5 cm³/mol. The van der Waals surface area contributed by atoms with Crippen LogP contribution < -0.4 is 15.0 Å². The van der Waals surface area contributed by atoms with Crippen LogP contribution in [0.3, 0.4) is 0 Å². The van der Waals surface area contributed by atoms with E-state index in [1.165, 1.54) is 6.92 Å². The van der Waals surface area contributed by atoms with Crippen LogP contribution in [-0.2, 0) is 16.1 Å². The summed E-state index contributed by atoms with van der Waals surface area (Å²) >= 11 is 0. The SMILES string of the molecule is CCOc1ccc(CN2C(=O)C(NC(C)=O)c3cc(C)ccc32)cc1. The number of rotatable bonds is 5. The molecular weight excluding hydrogens is 316 g/mol. The topological polar surface area (TPSA) is 58.6 Å². The first-order valence-electron chi connectivity index (χ1n) is 8.40. The molecule has 5 nitrogen and oxygen atoms in total. The zero-order chi connectivity index (χ0) is 18.0. The molecule has 5 heteroatoms. The highest BCUT2D eigenvalue weighted by molar-refractivity contribution is 6.06. The van der Waals surface area contributed by atoms with Gasteiger partial charge in [0, 0.05) is 18.2 Å². The number of anilines is 1. The summed E-state index contributed by atoms with van der Waals surface area (Å²) < 4.78 is 5.45. The Morgan fingerprint density at radius 2 is 1.92 bits per heavy atom. The van der Waals surface area contributed by atoms with Crippen molar-refractivity contribution in [3.8, 4) is 5.75 Å². The molecule has 2 aromatic rings. The van der Waals surface area contributed by atoms with Crippen molar-refractivity contribution in [2.24, 2.45) is 0 Å². The Kier molecular flexibility index (Phi) is 4.74. The van der Waals surface area contributed by atoms with Gasteiger partial charge in [0.25, 0.3) is 5.91 Å². The van der Waals surface area contributed by atoms with Gasteiger partial charge in [-0.05, 0) is 37.6 Å². The van der Waals surface area contributed by atoms with Gasteiger partial charge in [-0.3, -0.25) is 9.59 Å². The lowest BCUT2D eigenvalue weighted by atomic mass is 10.1. The summed E-state index contributed by atoms with van der Waals surface area (Å²) in [5.41, 5.74) is 3.77. The van der Waals surface area contributed by atoms with Gasteiger partial charge >= 0.3 is 0 Å². The van der Waals surface area contributed by atoms with Crippen molar-refractivity contribution in [1.82, 2.24) is 5.32 Å². The van der Waals surface area contributed by atoms with Gasteiger partial charge in [-0.2, -0.15) is 0 Å². The predicted octanol–water partition coefficient (Wildman–Crippen LogP) is 3.12. The Balaban J connectivity index is 1.88. The maximum atomic E-state index is 12.9. The molecule has 2 aromatic carbocycles. The maximum absolute atomic E-state index is 12.9. The average molecular weight is 338 g/mol. The number of fused-ring (bicyclic) bond motifs is 1. The Bertz CT molecular complexity index is 799. The van der Waals surface area contributed by atoms with Gasteiger partial charge in [0.1, 0.15) is 11.8 Å². The molecule has 1 aliphatic heterocycles. The quantitative estimate of drug-likeness (QED) is 0.911. The summed E-state index contributed by atoms with van der Waals surface area (Å²) in [7, 11) is 0. The first-order chi connectivity index (χ1) is 12.0. The molecule has 0 bridgehead atoms. The van der Waals surface area contributed by atoms with Gasteiger partial charge in [-0.1, -0.05) is 29.8 Å². The minimum absolute atomic E-state index is 0.107. The van der Waals surface area contributed by atoms with Crippen LogP contribution in [0.5, 0.6) is 5.75 Å². The van der Waals surface area contributed by atoms with Crippen LogP contribution >= 0.6 is 0 Å². The molecule has 0 aliphatic carbocycles. The molecule has 25 heavy (non-hydrogen) atoms. The van der Waals surface area contributed by atoms with E-state index in [1.54, 1.807) is 4.90 Å². The molecule has 0 aromatic heterocycles. The highest BCUT2D eigenvalue weighted by Gasteiger charge is 2.37. The largest absolute Gasteiger partial charge is 0.494 e. The van der Waals surface area contributed by atoms with Crippen LogP contribution in [0.4, 0.5) is 5.69 Å². The van der Waals surface area contributed by atoms with Crippen molar-refractivity contribution in [3.63, 3.8) is 0 Å². The lowest BCUT2D eigenvalue weighted by Gasteiger charge is -2.18. The molecule has 0 saturated heterocycles. The molecule has 2 amide bonds. The number of benzene rings is 2. The number of ether oxygens (including phenoxy) is 1. The molecule has 1 heterocycles. The number of amides is 2. The third-order valence-electron chi connectivity index (χ3n) is 4.22. The maximum Gasteiger partial charge on any atom is 0.254 e. The lowest BCUT2D eigenvalue weighted by molar-refractivity contribution is -0.126. The normalized spacial score (nSPS) is 15.9. The molecule has 3 rings (SSSR count). The van der Waals surface area contributed by atoms with Crippen LogP contribution in [0, 0.1) is 6.92 Å². The van der Waals surface area contributed by atoms with E-state index in [2.05, 4.69) is 5.32 Å². The Morgan fingerprint density at radius 3 is 2.56 bits per heavy atom. The van der Waals surface area contributed by atoms with Gasteiger partial charge in [-0.15, -0.1) is 0 Å². The van der Waals surface area contributed by atoms with Crippen molar-refractivity contribution >= 4 is 17.5 Å². The smallest absolute Gasteiger partial charge is 0.254 e. The molecule has 0 saturated carbocycles. The van der Waals surface area contributed by atoms with Crippen LogP contribution in [0.2, 0.25) is 0 Å². The van der Waals surface area contributed by atoms with E-state index in [9.17, 15) is 9.59 Å². The standard InChI is InChI=1S/C20H22N2O3/c1-4-25-16-8-6-15(7-9-16)12-22-18-10-5-13(2)11-17(18)19(20(22)24)21-14(3)23/h5-11,19H,4,12H2,1-3H3,(H,21,23). The number of carbonyl (C=O) groups is 2. The first kappa shape index (κ1) is 17.0. The van der Waals surface area contributed by atoms with E-state index in [-0.39, 0.29) is 11.8 Å². The van der Waals surface area contributed by atoms with Gasteiger partial charge in [0.05, 0.1) is 13.2 Å². The number of hydrogen-bond acceptors (Lipinski definition) is 3. The fourth-order valence-corrected chi connectivity index (χ4v) is 3.10. The van der Waals surface area contributed by atoms with Crippen molar-refractivity contribution in [1.29, 1.82) is 0 Å². The van der Waals surface area contributed by atoms with E-state index < -0.39 is 6.04 Å². The van der Waals surface area contributed by atoms with E-state index in [0.29, 0.717) is 13.2 Å². The Labute approximate surface area is 147 Å². The first-order valence-corrected chi connectivity index (χ1v) is 8.40. The fourth-order valence-electron chi connectivity index (χ4n) is 3.10. The Hall–Kier alpha value is -2.82.